The molecule has 2 N–H and O–H groups in total. The third-order valence-electron chi connectivity index (χ3n) is 4.13. The van der Waals surface area contributed by atoms with Gasteiger partial charge in [-0.3, -0.25) is 15.1 Å². The van der Waals surface area contributed by atoms with Crippen molar-refractivity contribution in [2.45, 2.75) is 6.92 Å². The molecule has 27 heavy (non-hydrogen) atoms. The van der Waals surface area contributed by atoms with E-state index in [0.717, 1.165) is 22.2 Å². The molecule has 7 heteroatoms. The van der Waals surface area contributed by atoms with Crippen molar-refractivity contribution in [1.82, 2.24) is 19.9 Å². The Bertz CT molecular complexity index is 1190. The standard InChI is InChI=1S/C20H17N5O2/c1-12-15-8-3-4-9-16(15)22-19(21-12)25-20-23-17(11-18(26)24-20)13-6-5-7-14(10-13)27-2/h3-11H,1-2H3,(H2,21,22,23,24,25,26). The number of aromatic nitrogens is 4. The monoisotopic (exact) mass is 359 g/mol. The zero-order chi connectivity index (χ0) is 18.8. The van der Waals surface area contributed by atoms with Crippen molar-refractivity contribution in [2.24, 2.45) is 0 Å². The average molecular weight is 359 g/mol. The van der Waals surface area contributed by atoms with E-state index in [9.17, 15) is 4.79 Å². The summed E-state index contributed by atoms with van der Waals surface area (Å²) in [5, 5.41) is 3.98. The Labute approximate surface area is 155 Å². The van der Waals surface area contributed by atoms with Crippen LogP contribution in [0.3, 0.4) is 0 Å². The van der Waals surface area contributed by atoms with Crippen LogP contribution in [0.15, 0.2) is 59.4 Å². The number of ether oxygens (including phenoxy) is 1. The van der Waals surface area contributed by atoms with Crippen molar-refractivity contribution in [3.63, 3.8) is 0 Å². The van der Waals surface area contributed by atoms with E-state index in [1.807, 2.05) is 55.5 Å². The molecule has 0 saturated carbocycles. The van der Waals surface area contributed by atoms with E-state index in [1.165, 1.54) is 6.07 Å². The minimum Gasteiger partial charge on any atom is -0.497 e. The molecule has 0 saturated heterocycles. The van der Waals surface area contributed by atoms with Crippen LogP contribution in [-0.2, 0) is 0 Å². The number of fused-ring (bicyclic) bond motifs is 1. The van der Waals surface area contributed by atoms with Gasteiger partial charge in [-0.1, -0.05) is 30.3 Å². The maximum absolute atomic E-state index is 12.1. The Balaban J connectivity index is 1.72. The van der Waals surface area contributed by atoms with Crippen LogP contribution in [-0.4, -0.2) is 27.0 Å². The van der Waals surface area contributed by atoms with Crippen molar-refractivity contribution in [3.8, 4) is 17.0 Å². The second-order valence-corrected chi connectivity index (χ2v) is 5.99. The Morgan fingerprint density at radius 3 is 2.70 bits per heavy atom. The van der Waals surface area contributed by atoms with Crippen molar-refractivity contribution < 1.29 is 4.74 Å². The molecule has 0 aliphatic heterocycles. The van der Waals surface area contributed by atoms with Crippen molar-refractivity contribution >= 4 is 22.8 Å². The van der Waals surface area contributed by atoms with E-state index < -0.39 is 0 Å². The Hall–Kier alpha value is -3.74. The van der Waals surface area contributed by atoms with Gasteiger partial charge >= 0.3 is 0 Å². The Morgan fingerprint density at radius 2 is 1.85 bits per heavy atom. The lowest BCUT2D eigenvalue weighted by Gasteiger charge is -2.09. The van der Waals surface area contributed by atoms with Gasteiger partial charge < -0.3 is 4.74 Å². The summed E-state index contributed by atoms with van der Waals surface area (Å²) in [5.41, 5.74) is 2.69. The number of rotatable bonds is 4. The highest BCUT2D eigenvalue weighted by molar-refractivity contribution is 5.81. The third-order valence-corrected chi connectivity index (χ3v) is 4.13. The fraction of sp³-hybridized carbons (Fsp3) is 0.100. The third kappa shape index (κ3) is 3.48. The van der Waals surface area contributed by atoms with Crippen LogP contribution in [0.5, 0.6) is 5.75 Å². The van der Waals surface area contributed by atoms with Gasteiger partial charge in [-0.05, 0) is 25.1 Å². The highest BCUT2D eigenvalue weighted by atomic mass is 16.5. The molecule has 7 nitrogen and oxygen atoms in total. The lowest BCUT2D eigenvalue weighted by atomic mass is 10.1. The summed E-state index contributed by atoms with van der Waals surface area (Å²) in [6.45, 7) is 1.91. The van der Waals surface area contributed by atoms with Crippen LogP contribution in [0.25, 0.3) is 22.2 Å². The van der Waals surface area contributed by atoms with E-state index in [-0.39, 0.29) is 11.5 Å². The SMILES string of the molecule is COc1cccc(-c2cc(=O)[nH]c(Nc3nc(C)c4ccccc4n3)n2)c1. The van der Waals surface area contributed by atoms with Crippen LogP contribution in [0.2, 0.25) is 0 Å². The largest absolute Gasteiger partial charge is 0.497 e. The minimum absolute atomic E-state index is 0.273. The molecule has 4 rings (SSSR count). The topological polar surface area (TPSA) is 92.8 Å². The normalized spacial score (nSPS) is 10.7. The van der Waals surface area contributed by atoms with Crippen LogP contribution >= 0.6 is 0 Å². The number of nitrogens with zero attached hydrogens (tertiary/aromatic N) is 3. The van der Waals surface area contributed by atoms with E-state index in [4.69, 9.17) is 4.74 Å². The van der Waals surface area contributed by atoms with E-state index in [1.54, 1.807) is 7.11 Å². The number of aryl methyl sites for hydroxylation is 1. The molecule has 2 aromatic heterocycles. The average Bonchev–Trinajstić information content (AvgIpc) is 2.67. The van der Waals surface area contributed by atoms with Gasteiger partial charge in [-0.15, -0.1) is 0 Å². The molecular formula is C20H17N5O2. The molecule has 0 radical (unpaired) electrons. The smallest absolute Gasteiger partial charge is 0.252 e. The predicted molar refractivity (Wildman–Crippen MR) is 104 cm³/mol. The van der Waals surface area contributed by atoms with Gasteiger partial charge in [0.15, 0.2) is 0 Å². The number of hydrogen-bond acceptors (Lipinski definition) is 6. The fourth-order valence-corrected chi connectivity index (χ4v) is 2.84. The van der Waals surface area contributed by atoms with Crippen molar-refractivity contribution in [1.29, 1.82) is 0 Å². The maximum atomic E-state index is 12.1. The number of hydrogen-bond donors (Lipinski definition) is 2. The first-order valence-corrected chi connectivity index (χ1v) is 8.38. The number of anilines is 2. The lowest BCUT2D eigenvalue weighted by molar-refractivity contribution is 0.415. The van der Waals surface area contributed by atoms with Gasteiger partial charge in [0.25, 0.3) is 5.56 Å². The van der Waals surface area contributed by atoms with Crippen LogP contribution in [0.4, 0.5) is 11.9 Å². The number of aromatic amines is 1. The van der Waals surface area contributed by atoms with Crippen molar-refractivity contribution in [3.05, 3.63) is 70.6 Å². The van der Waals surface area contributed by atoms with Crippen LogP contribution < -0.4 is 15.6 Å². The summed E-state index contributed by atoms with van der Waals surface area (Å²) in [5.74, 6) is 1.34. The van der Waals surface area contributed by atoms with Crippen molar-refractivity contribution in [2.75, 3.05) is 12.4 Å². The first kappa shape index (κ1) is 16.7. The van der Waals surface area contributed by atoms with Crippen LogP contribution in [0.1, 0.15) is 5.69 Å². The molecule has 0 bridgehead atoms. The molecule has 134 valence electrons. The molecule has 0 unspecified atom stereocenters. The second-order valence-electron chi connectivity index (χ2n) is 5.99. The van der Waals surface area contributed by atoms with Gasteiger partial charge in [0.1, 0.15) is 5.75 Å². The second kappa shape index (κ2) is 6.87. The number of benzene rings is 2. The predicted octanol–water partition coefficient (Wildman–Crippen LogP) is 3.44. The van der Waals surface area contributed by atoms with E-state index in [0.29, 0.717) is 17.4 Å². The molecule has 2 aromatic carbocycles. The molecule has 0 aliphatic rings. The summed E-state index contributed by atoms with van der Waals surface area (Å²) >= 11 is 0. The maximum Gasteiger partial charge on any atom is 0.252 e. The summed E-state index contributed by atoms with van der Waals surface area (Å²) in [7, 11) is 1.59. The molecular weight excluding hydrogens is 342 g/mol. The highest BCUT2D eigenvalue weighted by Crippen LogP contribution is 2.23. The Morgan fingerprint density at radius 1 is 1.00 bits per heavy atom. The van der Waals surface area contributed by atoms with Gasteiger partial charge in [-0.25, -0.2) is 15.0 Å². The van der Waals surface area contributed by atoms with E-state index in [2.05, 4.69) is 25.3 Å². The summed E-state index contributed by atoms with van der Waals surface area (Å²) in [6, 6.07) is 16.6. The molecule has 0 spiro atoms. The zero-order valence-corrected chi connectivity index (χ0v) is 14.9. The number of nitrogens with one attached hydrogen (secondary N) is 2. The van der Waals surface area contributed by atoms with Gasteiger partial charge in [0.05, 0.1) is 24.0 Å². The summed E-state index contributed by atoms with van der Waals surface area (Å²) in [6.07, 6.45) is 0. The Kier molecular flexibility index (Phi) is 4.25. The number of para-hydroxylation sites is 1. The highest BCUT2D eigenvalue weighted by Gasteiger charge is 2.09. The fourth-order valence-electron chi connectivity index (χ4n) is 2.84. The molecule has 0 amide bonds. The minimum atomic E-state index is -0.275. The summed E-state index contributed by atoms with van der Waals surface area (Å²) in [4.78, 5) is 28.2. The molecule has 0 aliphatic carbocycles. The van der Waals surface area contributed by atoms with Gasteiger partial charge in [0.2, 0.25) is 11.9 Å². The first-order chi connectivity index (χ1) is 13.1. The zero-order valence-electron chi connectivity index (χ0n) is 14.9. The molecule has 0 fully saturated rings. The first-order valence-electron chi connectivity index (χ1n) is 8.38. The molecule has 2 heterocycles. The quantitative estimate of drug-likeness (QED) is 0.580. The summed E-state index contributed by atoms with van der Waals surface area (Å²) < 4.78 is 5.24. The molecule has 4 aromatic rings. The van der Waals surface area contributed by atoms with Crippen LogP contribution in [0, 0.1) is 6.92 Å². The number of H-pyrrole nitrogens is 1. The number of methoxy groups -OCH3 is 1. The lowest BCUT2D eigenvalue weighted by Crippen LogP contribution is -2.12. The van der Waals surface area contributed by atoms with E-state index >= 15 is 0 Å². The molecule has 0 atom stereocenters. The van der Waals surface area contributed by atoms with Gasteiger partial charge in [0, 0.05) is 17.0 Å². The van der Waals surface area contributed by atoms with Gasteiger partial charge in [-0.2, -0.15) is 0 Å².